The molecule has 0 spiro atoms. The van der Waals surface area contributed by atoms with E-state index in [1.807, 2.05) is 0 Å². The maximum absolute atomic E-state index is 13.9. The molecule has 0 atom stereocenters. The highest BCUT2D eigenvalue weighted by molar-refractivity contribution is 6.16. The number of aryl methyl sites for hydroxylation is 1. The maximum Gasteiger partial charge on any atom is 0.217 e. The fourth-order valence-electron chi connectivity index (χ4n) is 2.12. The van der Waals surface area contributed by atoms with Crippen LogP contribution in [-0.4, -0.2) is 15.5 Å². The second-order valence-corrected chi connectivity index (χ2v) is 4.73. The van der Waals surface area contributed by atoms with Gasteiger partial charge < -0.3 is 10.3 Å². The molecule has 0 radical (unpaired) electrons. The molecule has 2 aromatic rings. The molecular formula is C13H14ClF2N3O. The predicted octanol–water partition coefficient (Wildman–Crippen LogP) is 2.71. The Morgan fingerprint density at radius 1 is 1.35 bits per heavy atom. The number of nitrogens with two attached hydrogens (primary N) is 1. The number of aromatic nitrogens is 2. The van der Waals surface area contributed by atoms with Crippen molar-refractivity contribution in [1.29, 1.82) is 0 Å². The fourth-order valence-corrected chi connectivity index (χ4v) is 2.32. The van der Waals surface area contributed by atoms with Gasteiger partial charge >= 0.3 is 0 Å². The van der Waals surface area contributed by atoms with Crippen molar-refractivity contribution in [2.24, 2.45) is 5.73 Å². The van der Waals surface area contributed by atoms with Crippen LogP contribution in [0.15, 0.2) is 12.1 Å². The highest BCUT2D eigenvalue weighted by Crippen LogP contribution is 2.23. The number of rotatable bonds is 6. The van der Waals surface area contributed by atoms with Crippen molar-refractivity contribution in [3.63, 3.8) is 0 Å². The standard InChI is InChI=1S/C13H14ClF2N3O/c14-7-11-18-9-5-4-8(15)12(16)13(9)19(11)6-2-1-3-10(17)20/h4-5H,1-3,6-7H2,(H2,17,20). The van der Waals surface area contributed by atoms with Crippen LogP contribution in [-0.2, 0) is 17.2 Å². The number of carbonyl (C=O) groups is 1. The Bertz CT molecular complexity index is 642. The van der Waals surface area contributed by atoms with Crippen molar-refractivity contribution in [2.45, 2.75) is 31.7 Å². The molecule has 20 heavy (non-hydrogen) atoms. The summed E-state index contributed by atoms with van der Waals surface area (Å²) in [6.07, 6.45) is 1.45. The zero-order valence-corrected chi connectivity index (χ0v) is 11.5. The fraction of sp³-hybridized carbons (Fsp3) is 0.385. The number of amides is 1. The first-order valence-electron chi connectivity index (χ1n) is 6.22. The molecule has 0 bridgehead atoms. The smallest absolute Gasteiger partial charge is 0.217 e. The summed E-state index contributed by atoms with van der Waals surface area (Å²) in [5.74, 6) is -1.65. The quantitative estimate of drug-likeness (QED) is 0.659. The SMILES string of the molecule is NC(=O)CCCCn1c(CCl)nc2ccc(F)c(F)c21. The van der Waals surface area contributed by atoms with Gasteiger partial charge in [0.15, 0.2) is 11.6 Å². The lowest BCUT2D eigenvalue weighted by Gasteiger charge is -2.08. The minimum Gasteiger partial charge on any atom is -0.370 e. The van der Waals surface area contributed by atoms with Crippen molar-refractivity contribution in [1.82, 2.24) is 9.55 Å². The lowest BCUT2D eigenvalue weighted by Crippen LogP contribution is -2.11. The monoisotopic (exact) mass is 301 g/mol. The molecule has 0 saturated heterocycles. The van der Waals surface area contributed by atoms with Crippen molar-refractivity contribution in [2.75, 3.05) is 0 Å². The van der Waals surface area contributed by atoms with Gasteiger partial charge in [0.1, 0.15) is 11.3 Å². The molecule has 2 rings (SSSR count). The molecule has 4 nitrogen and oxygen atoms in total. The minimum atomic E-state index is -0.929. The molecular weight excluding hydrogens is 288 g/mol. The van der Waals surface area contributed by atoms with Gasteiger partial charge in [-0.05, 0) is 25.0 Å². The second kappa shape index (κ2) is 6.17. The lowest BCUT2D eigenvalue weighted by atomic mass is 10.2. The maximum atomic E-state index is 13.9. The third-order valence-electron chi connectivity index (χ3n) is 3.05. The summed E-state index contributed by atoms with van der Waals surface area (Å²) in [4.78, 5) is 14.8. The summed E-state index contributed by atoms with van der Waals surface area (Å²) >= 11 is 5.79. The zero-order valence-electron chi connectivity index (χ0n) is 10.7. The molecule has 0 saturated carbocycles. The van der Waals surface area contributed by atoms with Crippen LogP contribution in [0.2, 0.25) is 0 Å². The van der Waals surface area contributed by atoms with Gasteiger partial charge in [-0.1, -0.05) is 0 Å². The first-order chi connectivity index (χ1) is 9.54. The Hall–Kier alpha value is -1.69. The molecule has 0 aliphatic heterocycles. The molecule has 1 amide bonds. The van der Waals surface area contributed by atoms with Crippen molar-refractivity contribution < 1.29 is 13.6 Å². The first kappa shape index (κ1) is 14.7. The van der Waals surface area contributed by atoms with E-state index in [1.54, 1.807) is 4.57 Å². The molecule has 0 aliphatic carbocycles. The van der Waals surface area contributed by atoms with Gasteiger partial charge in [-0.2, -0.15) is 0 Å². The molecule has 7 heteroatoms. The van der Waals surface area contributed by atoms with Gasteiger partial charge in [0.05, 0.1) is 11.4 Å². The minimum absolute atomic E-state index is 0.103. The van der Waals surface area contributed by atoms with E-state index in [2.05, 4.69) is 4.98 Å². The summed E-state index contributed by atoms with van der Waals surface area (Å²) in [6.45, 7) is 0.409. The van der Waals surface area contributed by atoms with Crippen LogP contribution in [0.3, 0.4) is 0 Å². The Morgan fingerprint density at radius 3 is 2.75 bits per heavy atom. The van der Waals surface area contributed by atoms with E-state index in [-0.39, 0.29) is 23.7 Å². The number of primary amides is 1. The van der Waals surface area contributed by atoms with Crippen molar-refractivity contribution in [3.8, 4) is 0 Å². The largest absolute Gasteiger partial charge is 0.370 e. The van der Waals surface area contributed by atoms with Crippen LogP contribution < -0.4 is 5.73 Å². The Labute approximate surface area is 119 Å². The van der Waals surface area contributed by atoms with E-state index < -0.39 is 11.6 Å². The van der Waals surface area contributed by atoms with E-state index in [4.69, 9.17) is 17.3 Å². The summed E-state index contributed by atoms with van der Waals surface area (Å²) in [5, 5.41) is 0. The second-order valence-electron chi connectivity index (χ2n) is 4.47. The number of hydrogen-bond donors (Lipinski definition) is 1. The van der Waals surface area contributed by atoms with Crippen molar-refractivity contribution >= 4 is 28.5 Å². The topological polar surface area (TPSA) is 60.9 Å². The third kappa shape index (κ3) is 2.90. The number of nitrogens with zero attached hydrogens (tertiary/aromatic N) is 2. The highest BCUT2D eigenvalue weighted by Gasteiger charge is 2.16. The van der Waals surface area contributed by atoms with E-state index in [0.717, 1.165) is 6.07 Å². The van der Waals surface area contributed by atoms with Gasteiger partial charge in [0.25, 0.3) is 0 Å². The lowest BCUT2D eigenvalue weighted by molar-refractivity contribution is -0.118. The van der Waals surface area contributed by atoms with Crippen LogP contribution in [0.5, 0.6) is 0 Å². The van der Waals surface area contributed by atoms with E-state index >= 15 is 0 Å². The van der Waals surface area contributed by atoms with Gasteiger partial charge in [-0.25, -0.2) is 13.8 Å². The van der Waals surface area contributed by atoms with Gasteiger partial charge in [0, 0.05) is 13.0 Å². The number of carbonyl (C=O) groups excluding carboxylic acids is 1. The highest BCUT2D eigenvalue weighted by atomic mass is 35.5. The summed E-state index contributed by atoms with van der Waals surface area (Å²) in [5.41, 5.74) is 5.53. The van der Waals surface area contributed by atoms with Crippen LogP contribution >= 0.6 is 11.6 Å². The molecule has 1 aromatic carbocycles. The molecule has 0 unspecified atom stereocenters. The molecule has 1 aromatic heterocycles. The normalized spacial score (nSPS) is 11.2. The summed E-state index contributed by atoms with van der Waals surface area (Å²) < 4.78 is 28.8. The van der Waals surface area contributed by atoms with E-state index in [9.17, 15) is 13.6 Å². The average Bonchev–Trinajstić information content (AvgIpc) is 2.77. The zero-order chi connectivity index (χ0) is 14.7. The van der Waals surface area contributed by atoms with Crippen molar-refractivity contribution in [3.05, 3.63) is 29.6 Å². The van der Waals surface area contributed by atoms with Crippen LogP contribution in [0, 0.1) is 11.6 Å². The number of halogens is 3. The molecule has 0 fully saturated rings. The third-order valence-corrected chi connectivity index (χ3v) is 3.29. The Balaban J connectivity index is 2.30. The van der Waals surface area contributed by atoms with Crippen LogP contribution in [0.1, 0.15) is 25.1 Å². The molecule has 2 N–H and O–H groups in total. The Morgan fingerprint density at radius 2 is 2.10 bits per heavy atom. The Kier molecular flexibility index (Phi) is 4.54. The predicted molar refractivity (Wildman–Crippen MR) is 72.3 cm³/mol. The number of unbranched alkanes of at least 4 members (excludes halogenated alkanes) is 1. The number of hydrogen-bond acceptors (Lipinski definition) is 2. The average molecular weight is 302 g/mol. The van der Waals surface area contributed by atoms with E-state index in [1.165, 1.54) is 6.07 Å². The summed E-state index contributed by atoms with van der Waals surface area (Å²) in [7, 11) is 0. The molecule has 108 valence electrons. The van der Waals surface area contributed by atoms with Crippen LogP contribution in [0.4, 0.5) is 8.78 Å². The molecule has 0 aliphatic rings. The number of alkyl halides is 1. The van der Waals surface area contributed by atoms with Gasteiger partial charge in [-0.15, -0.1) is 11.6 Å². The number of fused-ring (bicyclic) bond motifs is 1. The van der Waals surface area contributed by atoms with Gasteiger partial charge in [-0.3, -0.25) is 4.79 Å². The summed E-state index contributed by atoms with van der Waals surface area (Å²) in [6, 6.07) is 2.46. The molecule has 1 heterocycles. The number of benzene rings is 1. The van der Waals surface area contributed by atoms with E-state index in [0.29, 0.717) is 30.7 Å². The first-order valence-corrected chi connectivity index (χ1v) is 6.75. The van der Waals surface area contributed by atoms with Crippen LogP contribution in [0.25, 0.3) is 11.0 Å². The number of imidazole rings is 1. The van der Waals surface area contributed by atoms with Gasteiger partial charge in [0.2, 0.25) is 5.91 Å².